The molecule has 1 aromatic rings. The van der Waals surface area contributed by atoms with Crippen molar-refractivity contribution in [2.75, 3.05) is 19.8 Å². The van der Waals surface area contributed by atoms with Gasteiger partial charge in [0.1, 0.15) is 0 Å². The number of aliphatic hydroxyl groups is 1. The zero-order valence-electron chi connectivity index (χ0n) is 12.5. The van der Waals surface area contributed by atoms with E-state index in [4.69, 9.17) is 4.74 Å². The molecule has 0 bridgehead atoms. The molecule has 0 aromatic heterocycles. The lowest BCUT2D eigenvalue weighted by Gasteiger charge is -2.18. The van der Waals surface area contributed by atoms with Crippen LogP contribution in [0.25, 0.3) is 0 Å². The van der Waals surface area contributed by atoms with Crippen LogP contribution in [0.4, 0.5) is 0 Å². The predicted octanol–water partition coefficient (Wildman–Crippen LogP) is 2.68. The lowest BCUT2D eigenvalue weighted by molar-refractivity contribution is 0.0252. The Balaban J connectivity index is 2.25. The van der Waals surface area contributed by atoms with Crippen LogP contribution in [0.15, 0.2) is 24.3 Å². The predicted molar refractivity (Wildman–Crippen MR) is 79.3 cm³/mol. The van der Waals surface area contributed by atoms with Gasteiger partial charge in [-0.3, -0.25) is 0 Å². The highest BCUT2D eigenvalue weighted by molar-refractivity contribution is 5.23. The second-order valence-corrected chi connectivity index (χ2v) is 5.63. The maximum Gasteiger partial charge on any atom is 0.0897 e. The van der Waals surface area contributed by atoms with Gasteiger partial charge in [-0.15, -0.1) is 0 Å². The van der Waals surface area contributed by atoms with Crippen molar-refractivity contribution in [2.45, 2.75) is 39.8 Å². The minimum atomic E-state index is -0.452. The number of ether oxygens (including phenoxy) is 1. The molecule has 0 saturated heterocycles. The minimum absolute atomic E-state index is 0.236. The lowest BCUT2D eigenvalue weighted by atomic mass is 10.1. The first-order valence-corrected chi connectivity index (χ1v) is 7.04. The summed E-state index contributed by atoms with van der Waals surface area (Å²) in [5.41, 5.74) is 2.50. The van der Waals surface area contributed by atoms with Crippen LogP contribution in [0.2, 0.25) is 0 Å². The number of benzene rings is 1. The second kappa shape index (κ2) is 8.31. The van der Waals surface area contributed by atoms with E-state index >= 15 is 0 Å². The summed E-state index contributed by atoms with van der Waals surface area (Å²) in [6.07, 6.45) is -0.452. The Hall–Kier alpha value is -0.900. The van der Waals surface area contributed by atoms with E-state index in [2.05, 4.69) is 57.3 Å². The van der Waals surface area contributed by atoms with Crippen molar-refractivity contribution in [3.63, 3.8) is 0 Å². The molecule has 1 rings (SSSR count). The molecule has 1 aromatic carbocycles. The zero-order valence-corrected chi connectivity index (χ0v) is 12.5. The molecule has 3 heteroatoms. The van der Waals surface area contributed by atoms with Crippen LogP contribution in [0, 0.1) is 12.8 Å². The Morgan fingerprint density at radius 2 is 1.74 bits per heavy atom. The molecule has 19 heavy (non-hydrogen) atoms. The van der Waals surface area contributed by atoms with Gasteiger partial charge in [-0.1, -0.05) is 43.7 Å². The largest absolute Gasteiger partial charge is 0.389 e. The van der Waals surface area contributed by atoms with Crippen LogP contribution in [-0.4, -0.2) is 31.0 Å². The Kier molecular flexibility index (Phi) is 7.06. The average molecular weight is 265 g/mol. The summed E-state index contributed by atoms with van der Waals surface area (Å²) >= 11 is 0. The van der Waals surface area contributed by atoms with E-state index in [9.17, 15) is 5.11 Å². The van der Waals surface area contributed by atoms with Crippen LogP contribution >= 0.6 is 0 Å². The van der Waals surface area contributed by atoms with Crippen molar-refractivity contribution in [1.82, 2.24) is 5.32 Å². The molecular formula is C16H27NO2. The summed E-state index contributed by atoms with van der Waals surface area (Å²) in [6, 6.07) is 8.69. The molecule has 2 N–H and O–H groups in total. The summed E-state index contributed by atoms with van der Waals surface area (Å²) in [4.78, 5) is 0. The van der Waals surface area contributed by atoms with Crippen molar-refractivity contribution in [2.24, 2.45) is 5.92 Å². The average Bonchev–Trinajstić information content (AvgIpc) is 2.36. The summed E-state index contributed by atoms with van der Waals surface area (Å²) in [7, 11) is 0. The summed E-state index contributed by atoms with van der Waals surface area (Å²) in [5, 5.41) is 13.1. The molecule has 0 radical (unpaired) electrons. The van der Waals surface area contributed by atoms with Gasteiger partial charge in [0.25, 0.3) is 0 Å². The van der Waals surface area contributed by atoms with Gasteiger partial charge in [-0.25, -0.2) is 0 Å². The molecule has 3 nitrogen and oxygen atoms in total. The Bertz CT molecular complexity index is 348. The van der Waals surface area contributed by atoms with Crippen LogP contribution in [0.3, 0.4) is 0 Å². The first kappa shape index (κ1) is 16.2. The molecule has 0 aliphatic carbocycles. The van der Waals surface area contributed by atoms with Crippen molar-refractivity contribution in [1.29, 1.82) is 0 Å². The number of aliphatic hydroxyl groups excluding tert-OH is 1. The standard InChI is InChI=1S/C16H27NO2/c1-12(2)10-19-11-16(18)9-17-14(4)15-7-5-13(3)6-8-15/h5-8,12,14,16-18H,9-11H2,1-4H3/t14-,16?/m1/s1. The zero-order chi connectivity index (χ0) is 14.3. The highest BCUT2D eigenvalue weighted by atomic mass is 16.5. The molecule has 0 aliphatic heterocycles. The second-order valence-electron chi connectivity index (χ2n) is 5.63. The Morgan fingerprint density at radius 3 is 2.32 bits per heavy atom. The molecule has 0 amide bonds. The van der Waals surface area contributed by atoms with Crippen molar-refractivity contribution in [3.8, 4) is 0 Å². The molecule has 0 saturated carbocycles. The van der Waals surface area contributed by atoms with Gasteiger partial charge in [-0.05, 0) is 25.3 Å². The van der Waals surface area contributed by atoms with E-state index in [0.29, 0.717) is 25.7 Å². The number of rotatable bonds is 8. The molecule has 108 valence electrons. The van der Waals surface area contributed by atoms with E-state index < -0.39 is 6.10 Å². The van der Waals surface area contributed by atoms with Crippen LogP contribution in [0.5, 0.6) is 0 Å². The third-order valence-electron chi connectivity index (χ3n) is 3.00. The fourth-order valence-corrected chi connectivity index (χ4v) is 1.78. The maximum atomic E-state index is 9.81. The highest BCUT2D eigenvalue weighted by Gasteiger charge is 2.09. The van der Waals surface area contributed by atoms with Gasteiger partial charge < -0.3 is 15.2 Å². The van der Waals surface area contributed by atoms with Gasteiger partial charge >= 0.3 is 0 Å². The molecule has 0 aliphatic rings. The van der Waals surface area contributed by atoms with E-state index in [0.717, 1.165) is 0 Å². The number of nitrogens with one attached hydrogen (secondary N) is 1. The van der Waals surface area contributed by atoms with Crippen LogP contribution in [-0.2, 0) is 4.74 Å². The van der Waals surface area contributed by atoms with Gasteiger partial charge in [0.05, 0.1) is 12.7 Å². The molecule has 1 unspecified atom stereocenters. The smallest absolute Gasteiger partial charge is 0.0897 e. The maximum absolute atomic E-state index is 9.81. The molecule has 0 spiro atoms. The first-order chi connectivity index (χ1) is 8.99. The Labute approximate surface area is 117 Å². The summed E-state index contributed by atoms with van der Waals surface area (Å²) in [6.45, 7) is 10.0. The summed E-state index contributed by atoms with van der Waals surface area (Å²) in [5.74, 6) is 0.506. The lowest BCUT2D eigenvalue weighted by Crippen LogP contribution is -2.32. The van der Waals surface area contributed by atoms with Gasteiger partial charge in [0.2, 0.25) is 0 Å². The van der Waals surface area contributed by atoms with Gasteiger partial charge in [-0.2, -0.15) is 0 Å². The molecule has 0 heterocycles. The highest BCUT2D eigenvalue weighted by Crippen LogP contribution is 2.12. The SMILES string of the molecule is Cc1ccc([C@@H](C)NCC(O)COCC(C)C)cc1. The molecule has 0 fully saturated rings. The van der Waals surface area contributed by atoms with E-state index in [1.165, 1.54) is 11.1 Å². The van der Waals surface area contributed by atoms with E-state index in [1.807, 2.05) is 0 Å². The van der Waals surface area contributed by atoms with Crippen LogP contribution < -0.4 is 5.32 Å². The molecule has 2 atom stereocenters. The normalized spacial score (nSPS) is 14.6. The summed E-state index contributed by atoms with van der Waals surface area (Å²) < 4.78 is 5.42. The van der Waals surface area contributed by atoms with Crippen molar-refractivity contribution < 1.29 is 9.84 Å². The number of hydrogen-bond donors (Lipinski definition) is 2. The minimum Gasteiger partial charge on any atom is -0.389 e. The van der Waals surface area contributed by atoms with Crippen LogP contribution in [0.1, 0.15) is 37.9 Å². The fraction of sp³-hybridized carbons (Fsp3) is 0.625. The third kappa shape index (κ3) is 6.71. The number of aryl methyl sites for hydroxylation is 1. The Morgan fingerprint density at radius 1 is 1.11 bits per heavy atom. The van der Waals surface area contributed by atoms with E-state index in [-0.39, 0.29) is 6.04 Å². The quantitative estimate of drug-likeness (QED) is 0.759. The van der Waals surface area contributed by atoms with Crippen molar-refractivity contribution >= 4 is 0 Å². The van der Waals surface area contributed by atoms with Gasteiger partial charge in [0.15, 0.2) is 0 Å². The number of hydrogen-bond acceptors (Lipinski definition) is 3. The van der Waals surface area contributed by atoms with E-state index in [1.54, 1.807) is 0 Å². The monoisotopic (exact) mass is 265 g/mol. The van der Waals surface area contributed by atoms with Crippen molar-refractivity contribution in [3.05, 3.63) is 35.4 Å². The first-order valence-electron chi connectivity index (χ1n) is 7.04. The fourth-order valence-electron chi connectivity index (χ4n) is 1.78. The van der Waals surface area contributed by atoms with Gasteiger partial charge in [0, 0.05) is 19.2 Å². The topological polar surface area (TPSA) is 41.5 Å². The third-order valence-corrected chi connectivity index (χ3v) is 3.00. The molecular weight excluding hydrogens is 238 g/mol.